The van der Waals surface area contributed by atoms with Gasteiger partial charge in [0.05, 0.1) is 0 Å². The number of anilines is 1. The Balaban J connectivity index is 1.37. The van der Waals surface area contributed by atoms with Crippen molar-refractivity contribution in [2.75, 3.05) is 18.2 Å². The molecule has 2 heterocycles. The highest BCUT2D eigenvalue weighted by atomic mass is 16.7. The van der Waals surface area contributed by atoms with Crippen molar-refractivity contribution in [3.8, 4) is 11.5 Å². The molecule has 4 rings (SSSR count). The van der Waals surface area contributed by atoms with Crippen LogP contribution in [0.25, 0.3) is 6.08 Å². The summed E-state index contributed by atoms with van der Waals surface area (Å²) in [6, 6.07) is 13.1. The first-order chi connectivity index (χ1) is 13.1. The number of amides is 1. The summed E-state index contributed by atoms with van der Waals surface area (Å²) in [5.41, 5.74) is 2.80. The van der Waals surface area contributed by atoms with E-state index in [-0.39, 0.29) is 12.7 Å². The molecule has 0 radical (unpaired) electrons. The van der Waals surface area contributed by atoms with Gasteiger partial charge in [0.25, 0.3) is 5.91 Å². The van der Waals surface area contributed by atoms with E-state index < -0.39 is 12.1 Å². The first kappa shape index (κ1) is 17.1. The highest BCUT2D eigenvalue weighted by Gasteiger charge is 2.29. The molecule has 0 N–H and O–H groups in total. The number of esters is 1. The van der Waals surface area contributed by atoms with Crippen molar-refractivity contribution in [2.45, 2.75) is 19.4 Å². The Bertz CT molecular complexity index is 921. The van der Waals surface area contributed by atoms with E-state index in [0.717, 1.165) is 23.2 Å². The molecule has 0 saturated heterocycles. The molecular weight excluding hydrogens is 346 g/mol. The fourth-order valence-electron chi connectivity index (χ4n) is 3.23. The zero-order valence-electron chi connectivity index (χ0n) is 14.9. The van der Waals surface area contributed by atoms with Gasteiger partial charge in [-0.3, -0.25) is 4.79 Å². The zero-order chi connectivity index (χ0) is 18.8. The molecular formula is C21H19NO5. The summed E-state index contributed by atoms with van der Waals surface area (Å²) in [4.78, 5) is 26.4. The molecule has 0 spiro atoms. The first-order valence-corrected chi connectivity index (χ1v) is 8.79. The Morgan fingerprint density at radius 1 is 1.15 bits per heavy atom. The molecule has 1 atom stereocenters. The van der Waals surface area contributed by atoms with Crippen molar-refractivity contribution < 1.29 is 23.8 Å². The smallest absolute Gasteiger partial charge is 0.331 e. The van der Waals surface area contributed by atoms with Gasteiger partial charge >= 0.3 is 5.97 Å². The number of ether oxygens (including phenoxy) is 3. The molecule has 0 bridgehead atoms. The Morgan fingerprint density at radius 3 is 2.85 bits per heavy atom. The maximum absolute atomic E-state index is 12.6. The summed E-state index contributed by atoms with van der Waals surface area (Å²) in [5.74, 6) is 0.535. The maximum atomic E-state index is 12.6. The molecule has 2 aliphatic rings. The van der Waals surface area contributed by atoms with E-state index in [1.54, 1.807) is 30.0 Å². The van der Waals surface area contributed by atoms with Crippen molar-refractivity contribution in [1.82, 2.24) is 0 Å². The number of carbonyl (C=O) groups is 2. The van der Waals surface area contributed by atoms with Crippen LogP contribution in [0.1, 0.15) is 18.1 Å². The van der Waals surface area contributed by atoms with Gasteiger partial charge in [0.15, 0.2) is 17.6 Å². The van der Waals surface area contributed by atoms with Crippen LogP contribution < -0.4 is 14.4 Å². The average Bonchev–Trinajstić information content (AvgIpc) is 3.32. The normalized spacial score (nSPS) is 15.7. The number of hydrogen-bond acceptors (Lipinski definition) is 5. The van der Waals surface area contributed by atoms with E-state index >= 15 is 0 Å². The van der Waals surface area contributed by atoms with Crippen LogP contribution in [0.5, 0.6) is 11.5 Å². The summed E-state index contributed by atoms with van der Waals surface area (Å²) in [6.07, 6.45) is 2.88. The number of fused-ring (bicyclic) bond motifs is 2. The van der Waals surface area contributed by atoms with Gasteiger partial charge in [-0.15, -0.1) is 0 Å². The van der Waals surface area contributed by atoms with E-state index in [1.165, 1.54) is 6.08 Å². The molecule has 0 aliphatic carbocycles. The molecule has 0 aromatic heterocycles. The van der Waals surface area contributed by atoms with Gasteiger partial charge in [-0.05, 0) is 48.7 Å². The van der Waals surface area contributed by atoms with Gasteiger partial charge in [-0.25, -0.2) is 4.79 Å². The van der Waals surface area contributed by atoms with Gasteiger partial charge < -0.3 is 19.1 Å². The van der Waals surface area contributed by atoms with Crippen molar-refractivity contribution >= 4 is 23.6 Å². The predicted molar refractivity (Wildman–Crippen MR) is 99.7 cm³/mol. The Labute approximate surface area is 156 Å². The highest BCUT2D eigenvalue weighted by Crippen LogP contribution is 2.33. The molecule has 138 valence electrons. The minimum Gasteiger partial charge on any atom is -0.454 e. The van der Waals surface area contributed by atoms with E-state index in [9.17, 15) is 9.59 Å². The van der Waals surface area contributed by atoms with Gasteiger partial charge in [0.1, 0.15) is 0 Å². The van der Waals surface area contributed by atoms with Gasteiger partial charge in [-0.1, -0.05) is 24.3 Å². The average molecular weight is 365 g/mol. The number of rotatable bonds is 4. The third kappa shape index (κ3) is 3.51. The van der Waals surface area contributed by atoms with Crippen LogP contribution in [0.2, 0.25) is 0 Å². The molecule has 6 nitrogen and oxygen atoms in total. The van der Waals surface area contributed by atoms with Crippen LogP contribution in [0.3, 0.4) is 0 Å². The first-order valence-electron chi connectivity index (χ1n) is 8.79. The van der Waals surface area contributed by atoms with Crippen LogP contribution in [-0.2, 0) is 20.7 Å². The summed E-state index contributed by atoms with van der Waals surface area (Å²) < 4.78 is 15.8. The number of carbonyl (C=O) groups excluding carboxylic acids is 2. The largest absolute Gasteiger partial charge is 0.454 e. The highest BCUT2D eigenvalue weighted by molar-refractivity contribution is 6.00. The molecule has 0 saturated carbocycles. The lowest BCUT2D eigenvalue weighted by Crippen LogP contribution is -2.38. The van der Waals surface area contributed by atoms with Gasteiger partial charge in [0, 0.05) is 18.3 Å². The van der Waals surface area contributed by atoms with Crippen molar-refractivity contribution in [1.29, 1.82) is 0 Å². The summed E-state index contributed by atoms with van der Waals surface area (Å²) in [7, 11) is 0. The second-order valence-corrected chi connectivity index (χ2v) is 6.39. The van der Waals surface area contributed by atoms with E-state index in [4.69, 9.17) is 14.2 Å². The standard InChI is InChI=1S/C21H19NO5/c1-14(21(24)22-11-10-16-4-2-3-5-17(16)22)27-20(23)9-7-15-6-8-18-19(12-15)26-13-25-18/h2-9,12,14H,10-11,13H2,1H3/b9-7+. The van der Waals surface area contributed by atoms with Crippen molar-refractivity contribution in [3.05, 3.63) is 59.7 Å². The van der Waals surface area contributed by atoms with Gasteiger partial charge in [0.2, 0.25) is 6.79 Å². The molecule has 27 heavy (non-hydrogen) atoms. The van der Waals surface area contributed by atoms with E-state index in [2.05, 4.69) is 0 Å². The maximum Gasteiger partial charge on any atom is 0.331 e. The minimum absolute atomic E-state index is 0.198. The van der Waals surface area contributed by atoms with Gasteiger partial charge in [-0.2, -0.15) is 0 Å². The Hall–Kier alpha value is -3.28. The number of nitrogens with zero attached hydrogens (tertiary/aromatic N) is 1. The van der Waals surface area contributed by atoms with Crippen LogP contribution in [0.15, 0.2) is 48.5 Å². The summed E-state index contributed by atoms with van der Waals surface area (Å²) in [5, 5.41) is 0. The molecule has 1 amide bonds. The third-order valence-corrected chi connectivity index (χ3v) is 4.60. The third-order valence-electron chi connectivity index (χ3n) is 4.60. The second-order valence-electron chi connectivity index (χ2n) is 6.39. The van der Waals surface area contributed by atoms with Crippen molar-refractivity contribution in [2.24, 2.45) is 0 Å². The van der Waals surface area contributed by atoms with Crippen LogP contribution in [-0.4, -0.2) is 31.3 Å². The zero-order valence-corrected chi connectivity index (χ0v) is 14.9. The quantitative estimate of drug-likeness (QED) is 0.616. The number of benzene rings is 2. The lowest BCUT2D eigenvalue weighted by molar-refractivity contribution is -0.149. The minimum atomic E-state index is -0.856. The van der Waals surface area contributed by atoms with Crippen LogP contribution in [0.4, 0.5) is 5.69 Å². The van der Waals surface area contributed by atoms with E-state index in [0.29, 0.717) is 18.0 Å². The fraction of sp³-hybridized carbons (Fsp3) is 0.238. The number of para-hydroxylation sites is 1. The lowest BCUT2D eigenvalue weighted by Gasteiger charge is -2.21. The Morgan fingerprint density at radius 2 is 1.96 bits per heavy atom. The molecule has 2 aliphatic heterocycles. The van der Waals surface area contributed by atoms with Crippen LogP contribution in [0, 0.1) is 0 Å². The Kier molecular flexibility index (Phi) is 4.54. The SMILES string of the molecule is CC(OC(=O)/C=C/c1ccc2c(c1)OCO2)C(=O)N1CCc2ccccc21. The summed E-state index contributed by atoms with van der Waals surface area (Å²) in [6.45, 7) is 2.40. The second kappa shape index (κ2) is 7.15. The number of hydrogen-bond donors (Lipinski definition) is 0. The lowest BCUT2D eigenvalue weighted by atomic mass is 10.2. The molecule has 2 aromatic rings. The topological polar surface area (TPSA) is 65.1 Å². The monoisotopic (exact) mass is 365 g/mol. The predicted octanol–water partition coefficient (Wildman–Crippen LogP) is 2.95. The molecule has 2 aromatic carbocycles. The summed E-state index contributed by atoms with van der Waals surface area (Å²) >= 11 is 0. The molecule has 0 fully saturated rings. The molecule has 6 heteroatoms. The fourth-order valence-corrected chi connectivity index (χ4v) is 3.23. The van der Waals surface area contributed by atoms with Crippen molar-refractivity contribution in [3.63, 3.8) is 0 Å². The van der Waals surface area contributed by atoms with Crippen LogP contribution >= 0.6 is 0 Å². The van der Waals surface area contributed by atoms with E-state index in [1.807, 2.05) is 30.3 Å². The molecule has 1 unspecified atom stereocenters.